The summed E-state index contributed by atoms with van der Waals surface area (Å²) in [6.07, 6.45) is 0.226. The molecule has 0 aromatic heterocycles. The summed E-state index contributed by atoms with van der Waals surface area (Å²) >= 11 is 9.96. The Morgan fingerprint density at radius 2 is 1.49 bits per heavy atom. The summed E-state index contributed by atoms with van der Waals surface area (Å²) in [6.45, 7) is 5.74. The molecule has 0 aliphatic carbocycles. The number of amides is 2. The second-order valence-electron chi connectivity index (χ2n) is 11.3. The monoisotopic (exact) mass is 709 g/mol. The average Bonchev–Trinajstić information content (AvgIpc) is 3.02. The number of carbonyl (C=O) groups excluding carboxylic acids is 2. The Bertz CT molecular complexity index is 1700. The van der Waals surface area contributed by atoms with Crippen LogP contribution >= 0.6 is 27.5 Å². The van der Waals surface area contributed by atoms with Crippen LogP contribution in [0.1, 0.15) is 30.5 Å². The first-order chi connectivity index (χ1) is 21.5. The van der Waals surface area contributed by atoms with Gasteiger partial charge in [-0.2, -0.15) is 0 Å². The number of rotatable bonds is 13. The van der Waals surface area contributed by atoms with Crippen LogP contribution in [0.5, 0.6) is 0 Å². The van der Waals surface area contributed by atoms with E-state index in [2.05, 4.69) is 21.2 Å². The van der Waals surface area contributed by atoms with Gasteiger partial charge in [0.15, 0.2) is 0 Å². The summed E-state index contributed by atoms with van der Waals surface area (Å²) in [7, 11) is -4.18. The fraction of sp³-hybridized carbons (Fsp3) is 0.257. The maximum absolute atomic E-state index is 14.5. The number of anilines is 1. The van der Waals surface area contributed by atoms with Gasteiger partial charge in [-0.3, -0.25) is 13.9 Å². The zero-order valence-electron chi connectivity index (χ0n) is 25.5. The summed E-state index contributed by atoms with van der Waals surface area (Å²) in [5.41, 5.74) is 2.71. The Hall–Kier alpha value is -3.66. The lowest BCUT2D eigenvalue weighted by Gasteiger charge is -2.34. The number of carbonyl (C=O) groups is 2. The van der Waals surface area contributed by atoms with Crippen LogP contribution < -0.4 is 9.62 Å². The van der Waals surface area contributed by atoms with Gasteiger partial charge in [0, 0.05) is 29.0 Å². The molecule has 45 heavy (non-hydrogen) atoms. The molecule has 1 N–H and O–H groups in total. The third-order valence-electron chi connectivity index (χ3n) is 7.26. The molecule has 7 nitrogen and oxygen atoms in total. The van der Waals surface area contributed by atoms with Gasteiger partial charge < -0.3 is 10.2 Å². The van der Waals surface area contributed by atoms with Crippen molar-refractivity contribution in [1.82, 2.24) is 10.2 Å². The average molecular weight is 711 g/mol. The molecule has 0 saturated carbocycles. The normalized spacial score (nSPS) is 12.0. The van der Waals surface area contributed by atoms with Crippen molar-refractivity contribution < 1.29 is 18.0 Å². The summed E-state index contributed by atoms with van der Waals surface area (Å²) in [6, 6.07) is 28.8. The zero-order valence-corrected chi connectivity index (χ0v) is 28.6. The first kappa shape index (κ1) is 34.2. The quantitative estimate of drug-likeness (QED) is 0.162. The van der Waals surface area contributed by atoms with E-state index in [1.54, 1.807) is 54.6 Å². The van der Waals surface area contributed by atoms with Crippen molar-refractivity contribution in [2.75, 3.05) is 17.4 Å². The molecule has 4 aromatic carbocycles. The number of hydrogen-bond donors (Lipinski definition) is 1. The lowest BCUT2D eigenvalue weighted by atomic mass is 10.0. The van der Waals surface area contributed by atoms with E-state index in [0.29, 0.717) is 22.8 Å². The summed E-state index contributed by atoms with van der Waals surface area (Å²) in [4.78, 5) is 29.8. The van der Waals surface area contributed by atoms with Crippen LogP contribution in [0.3, 0.4) is 0 Å². The molecule has 0 radical (unpaired) electrons. The van der Waals surface area contributed by atoms with Crippen LogP contribution in [-0.2, 0) is 32.6 Å². The van der Waals surface area contributed by atoms with Gasteiger partial charge >= 0.3 is 0 Å². The van der Waals surface area contributed by atoms with Gasteiger partial charge in [-0.05, 0) is 66.4 Å². The maximum Gasteiger partial charge on any atom is 0.264 e. The molecule has 0 unspecified atom stereocenters. The number of aryl methyl sites for hydroxylation is 1. The van der Waals surface area contributed by atoms with E-state index in [0.717, 1.165) is 19.9 Å². The molecule has 4 aromatic rings. The standard InChI is InChI=1S/C35H37BrClN3O4S/c1-25(2)22-38-35(42)33(21-27-9-5-4-6-10-27)39(23-28-11-7-8-12-32(28)37)34(41)24-40(30-17-15-29(36)16-18-30)45(43,44)31-19-13-26(3)14-20-31/h4-20,25,33H,21-24H2,1-3H3,(H,38,42)/t33-/m0/s1. The van der Waals surface area contributed by atoms with Crippen molar-refractivity contribution in [2.45, 2.75) is 44.7 Å². The molecule has 0 fully saturated rings. The highest BCUT2D eigenvalue weighted by atomic mass is 79.9. The van der Waals surface area contributed by atoms with Crippen molar-refractivity contribution >= 4 is 55.1 Å². The van der Waals surface area contributed by atoms with Gasteiger partial charge in [0.25, 0.3) is 10.0 Å². The van der Waals surface area contributed by atoms with Crippen molar-refractivity contribution in [1.29, 1.82) is 0 Å². The van der Waals surface area contributed by atoms with Crippen LogP contribution in [-0.4, -0.2) is 44.3 Å². The van der Waals surface area contributed by atoms with Crippen molar-refractivity contribution in [3.63, 3.8) is 0 Å². The third kappa shape index (κ3) is 9.19. The van der Waals surface area contributed by atoms with Gasteiger partial charge in [0.05, 0.1) is 10.6 Å². The van der Waals surface area contributed by atoms with Crippen LogP contribution in [0.25, 0.3) is 0 Å². The highest BCUT2D eigenvalue weighted by molar-refractivity contribution is 9.10. The summed E-state index contributed by atoms with van der Waals surface area (Å²) < 4.78 is 30.1. The molecule has 0 saturated heterocycles. The molecule has 0 aliphatic rings. The van der Waals surface area contributed by atoms with E-state index in [-0.39, 0.29) is 29.7 Å². The molecule has 10 heteroatoms. The Labute approximate surface area is 279 Å². The number of sulfonamides is 1. The Morgan fingerprint density at radius 1 is 0.867 bits per heavy atom. The Morgan fingerprint density at radius 3 is 2.11 bits per heavy atom. The van der Waals surface area contributed by atoms with E-state index in [1.807, 2.05) is 57.2 Å². The maximum atomic E-state index is 14.5. The predicted molar refractivity (Wildman–Crippen MR) is 184 cm³/mol. The van der Waals surface area contributed by atoms with Gasteiger partial charge in [0.2, 0.25) is 11.8 Å². The van der Waals surface area contributed by atoms with Gasteiger partial charge in [0.1, 0.15) is 12.6 Å². The summed E-state index contributed by atoms with van der Waals surface area (Å²) in [5.74, 6) is -0.690. The Balaban J connectivity index is 1.80. The molecular formula is C35H37BrClN3O4S. The van der Waals surface area contributed by atoms with Crippen molar-refractivity contribution in [3.05, 3.63) is 129 Å². The minimum absolute atomic E-state index is 0.00383. The molecular weight excluding hydrogens is 674 g/mol. The fourth-order valence-electron chi connectivity index (χ4n) is 4.76. The van der Waals surface area contributed by atoms with Crippen LogP contribution in [0.2, 0.25) is 5.02 Å². The smallest absolute Gasteiger partial charge is 0.264 e. The number of hydrogen-bond acceptors (Lipinski definition) is 4. The van der Waals surface area contributed by atoms with Crippen LogP contribution in [0.4, 0.5) is 5.69 Å². The highest BCUT2D eigenvalue weighted by Crippen LogP contribution is 2.27. The fourth-order valence-corrected chi connectivity index (χ4v) is 6.63. The largest absolute Gasteiger partial charge is 0.354 e. The SMILES string of the molecule is Cc1ccc(S(=O)(=O)N(CC(=O)N(Cc2ccccc2Cl)[C@@H](Cc2ccccc2)C(=O)NCC(C)C)c2ccc(Br)cc2)cc1. The van der Waals surface area contributed by atoms with E-state index in [9.17, 15) is 18.0 Å². The highest BCUT2D eigenvalue weighted by Gasteiger charge is 2.35. The predicted octanol–water partition coefficient (Wildman–Crippen LogP) is 7.02. The van der Waals surface area contributed by atoms with Gasteiger partial charge in [-0.25, -0.2) is 8.42 Å². The molecule has 4 rings (SSSR count). The van der Waals surface area contributed by atoms with Crippen molar-refractivity contribution in [3.8, 4) is 0 Å². The van der Waals surface area contributed by atoms with E-state index in [1.165, 1.54) is 17.0 Å². The molecule has 0 bridgehead atoms. The Kier molecular flexibility index (Phi) is 11.8. The lowest BCUT2D eigenvalue weighted by Crippen LogP contribution is -2.53. The second kappa shape index (κ2) is 15.6. The van der Waals surface area contributed by atoms with E-state index >= 15 is 0 Å². The molecule has 236 valence electrons. The number of nitrogens with one attached hydrogen (secondary N) is 1. The van der Waals surface area contributed by atoms with Crippen molar-refractivity contribution in [2.24, 2.45) is 5.92 Å². The molecule has 1 atom stereocenters. The number of benzene rings is 4. The van der Waals surface area contributed by atoms with E-state index < -0.39 is 28.5 Å². The number of nitrogens with zero attached hydrogens (tertiary/aromatic N) is 2. The van der Waals surface area contributed by atoms with Crippen LogP contribution in [0, 0.1) is 12.8 Å². The second-order valence-corrected chi connectivity index (χ2v) is 14.4. The van der Waals surface area contributed by atoms with E-state index in [4.69, 9.17) is 11.6 Å². The lowest BCUT2D eigenvalue weighted by molar-refractivity contribution is -0.140. The number of halogens is 2. The topological polar surface area (TPSA) is 86.8 Å². The first-order valence-electron chi connectivity index (χ1n) is 14.6. The summed E-state index contributed by atoms with van der Waals surface area (Å²) in [5, 5.41) is 3.43. The minimum atomic E-state index is -4.18. The molecule has 0 aliphatic heterocycles. The molecule has 2 amide bonds. The molecule has 0 heterocycles. The third-order valence-corrected chi connectivity index (χ3v) is 9.94. The zero-order chi connectivity index (χ0) is 32.6. The van der Waals surface area contributed by atoms with Crippen LogP contribution in [0.15, 0.2) is 112 Å². The van der Waals surface area contributed by atoms with Gasteiger partial charge in [-0.1, -0.05) is 108 Å². The van der Waals surface area contributed by atoms with Gasteiger partial charge in [-0.15, -0.1) is 0 Å². The minimum Gasteiger partial charge on any atom is -0.354 e. The first-order valence-corrected chi connectivity index (χ1v) is 17.3. The molecule has 0 spiro atoms.